The van der Waals surface area contributed by atoms with E-state index in [1.54, 1.807) is 4.90 Å². The van der Waals surface area contributed by atoms with Crippen LogP contribution in [0.3, 0.4) is 0 Å². The monoisotopic (exact) mass is 233 g/mol. The second-order valence-electron chi connectivity index (χ2n) is 4.76. The number of aliphatic hydroxyl groups is 1. The van der Waals surface area contributed by atoms with Crippen LogP contribution in [0, 0.1) is 0 Å². The molecule has 1 aromatic carbocycles. The highest BCUT2D eigenvalue weighted by Crippen LogP contribution is 2.38. The Kier molecular flexibility index (Phi) is 2.33. The third kappa shape index (κ3) is 1.60. The maximum absolute atomic E-state index is 12.1. The van der Waals surface area contributed by atoms with Gasteiger partial charge in [-0.15, -0.1) is 0 Å². The Hall–Kier alpha value is -1.55. The number of carbonyl (C=O) groups is 1. The number of amides is 1. The van der Waals surface area contributed by atoms with E-state index in [0.29, 0.717) is 13.1 Å². The van der Waals surface area contributed by atoms with Crippen LogP contribution in [0.2, 0.25) is 0 Å². The summed E-state index contributed by atoms with van der Waals surface area (Å²) in [5, 5.41) is 9.21. The molecule has 2 heterocycles. The summed E-state index contributed by atoms with van der Waals surface area (Å²) in [6.07, 6.45) is -0.794. The van der Waals surface area contributed by atoms with Crippen LogP contribution < -0.4 is 4.74 Å². The zero-order valence-corrected chi connectivity index (χ0v) is 9.67. The minimum Gasteiger partial charge on any atom is -0.480 e. The first-order chi connectivity index (χ1) is 8.16. The molecule has 1 amide bonds. The molecule has 2 atom stereocenters. The number of hydrogen-bond donors (Lipinski definition) is 1. The van der Waals surface area contributed by atoms with Crippen LogP contribution in [0.15, 0.2) is 24.3 Å². The van der Waals surface area contributed by atoms with E-state index < -0.39 is 6.10 Å². The van der Waals surface area contributed by atoms with Gasteiger partial charge in [0.2, 0.25) is 0 Å². The molecule has 3 rings (SSSR count). The molecule has 1 N–H and O–H groups in total. The molecule has 0 bridgehead atoms. The van der Waals surface area contributed by atoms with Gasteiger partial charge in [-0.1, -0.05) is 25.1 Å². The molecule has 0 spiro atoms. The Bertz CT molecular complexity index is 454. The Balaban J connectivity index is 1.77. The minimum absolute atomic E-state index is 0.0148. The van der Waals surface area contributed by atoms with Gasteiger partial charge in [0.25, 0.3) is 5.91 Å². The molecule has 17 heavy (non-hydrogen) atoms. The summed E-state index contributed by atoms with van der Waals surface area (Å²) in [7, 11) is 0. The summed E-state index contributed by atoms with van der Waals surface area (Å²) >= 11 is 0. The fraction of sp³-hybridized carbons (Fsp3) is 0.462. The van der Waals surface area contributed by atoms with Gasteiger partial charge < -0.3 is 14.7 Å². The molecule has 0 aromatic heterocycles. The largest absolute Gasteiger partial charge is 0.480 e. The summed E-state index contributed by atoms with van der Waals surface area (Å²) < 4.78 is 5.70. The van der Waals surface area contributed by atoms with Crippen LogP contribution in [0.4, 0.5) is 0 Å². The van der Waals surface area contributed by atoms with E-state index in [1.807, 2.05) is 31.2 Å². The van der Waals surface area contributed by atoms with Crippen molar-refractivity contribution in [3.63, 3.8) is 0 Å². The fourth-order valence-electron chi connectivity index (χ4n) is 2.45. The van der Waals surface area contributed by atoms with Crippen molar-refractivity contribution in [3.8, 4) is 5.75 Å². The van der Waals surface area contributed by atoms with Gasteiger partial charge in [-0.3, -0.25) is 4.79 Å². The number of β-amino-alcohol motifs (C(OH)–C–C–N with tert-alkyl or cyclic N) is 1. The van der Waals surface area contributed by atoms with Crippen molar-refractivity contribution in [3.05, 3.63) is 29.8 Å². The predicted octanol–water partition coefficient (Wildman–Crippen LogP) is 0.754. The molecule has 2 unspecified atom stereocenters. The van der Waals surface area contributed by atoms with Crippen molar-refractivity contribution in [1.82, 2.24) is 4.90 Å². The van der Waals surface area contributed by atoms with E-state index in [-0.39, 0.29) is 17.9 Å². The summed E-state index contributed by atoms with van der Waals surface area (Å²) in [5.74, 6) is 0.870. The second-order valence-corrected chi connectivity index (χ2v) is 4.76. The maximum atomic E-state index is 12.1. The SMILES string of the molecule is CC1c2ccccc2OC1C(=O)N1CC(O)C1. The van der Waals surface area contributed by atoms with E-state index in [2.05, 4.69) is 0 Å². The van der Waals surface area contributed by atoms with E-state index in [0.717, 1.165) is 11.3 Å². The molecule has 1 saturated heterocycles. The fourth-order valence-corrected chi connectivity index (χ4v) is 2.45. The molecule has 4 nitrogen and oxygen atoms in total. The van der Waals surface area contributed by atoms with Gasteiger partial charge in [0.05, 0.1) is 6.10 Å². The second kappa shape index (κ2) is 3.74. The zero-order valence-electron chi connectivity index (χ0n) is 9.67. The number of rotatable bonds is 1. The average Bonchev–Trinajstić information content (AvgIpc) is 2.63. The van der Waals surface area contributed by atoms with E-state index in [9.17, 15) is 9.90 Å². The van der Waals surface area contributed by atoms with Crippen molar-refractivity contribution in [2.24, 2.45) is 0 Å². The number of hydrogen-bond acceptors (Lipinski definition) is 3. The molecule has 1 aromatic rings. The van der Waals surface area contributed by atoms with Gasteiger partial charge in [0.15, 0.2) is 6.10 Å². The smallest absolute Gasteiger partial charge is 0.264 e. The molecule has 90 valence electrons. The molecular formula is C13H15NO3. The predicted molar refractivity (Wildman–Crippen MR) is 61.9 cm³/mol. The topological polar surface area (TPSA) is 49.8 Å². The number of ether oxygens (including phenoxy) is 1. The highest BCUT2D eigenvalue weighted by Gasteiger charge is 2.41. The number of likely N-dealkylation sites (tertiary alicyclic amines) is 1. The molecule has 0 radical (unpaired) electrons. The highest BCUT2D eigenvalue weighted by atomic mass is 16.5. The summed E-state index contributed by atoms with van der Waals surface area (Å²) in [6.45, 7) is 2.87. The minimum atomic E-state index is -0.431. The summed E-state index contributed by atoms with van der Waals surface area (Å²) in [6, 6.07) is 7.76. The first-order valence-electron chi connectivity index (χ1n) is 5.89. The van der Waals surface area contributed by atoms with Gasteiger partial charge >= 0.3 is 0 Å². The van der Waals surface area contributed by atoms with Crippen LogP contribution in [0.1, 0.15) is 18.4 Å². The molecule has 1 fully saturated rings. The lowest BCUT2D eigenvalue weighted by Gasteiger charge is -2.37. The van der Waals surface area contributed by atoms with Crippen molar-refractivity contribution in [1.29, 1.82) is 0 Å². The quantitative estimate of drug-likeness (QED) is 0.779. The van der Waals surface area contributed by atoms with Crippen LogP contribution >= 0.6 is 0 Å². The summed E-state index contributed by atoms with van der Waals surface area (Å²) in [4.78, 5) is 13.8. The molecule has 0 aliphatic carbocycles. The van der Waals surface area contributed by atoms with E-state index >= 15 is 0 Å². The number of aliphatic hydroxyl groups excluding tert-OH is 1. The first kappa shape index (κ1) is 10.6. The lowest BCUT2D eigenvalue weighted by atomic mass is 9.96. The van der Waals surface area contributed by atoms with Gasteiger partial charge in [-0.2, -0.15) is 0 Å². The third-order valence-electron chi connectivity index (χ3n) is 3.53. The number of nitrogens with zero attached hydrogens (tertiary/aromatic N) is 1. The standard InChI is InChI=1S/C13H15NO3/c1-8-10-4-2-3-5-11(10)17-12(8)13(16)14-6-9(15)7-14/h2-5,8-9,12,15H,6-7H2,1H3. The lowest BCUT2D eigenvalue weighted by Crippen LogP contribution is -2.57. The van der Waals surface area contributed by atoms with Crippen molar-refractivity contribution in [2.75, 3.05) is 13.1 Å². The van der Waals surface area contributed by atoms with Gasteiger partial charge in [0.1, 0.15) is 5.75 Å². The molecule has 4 heteroatoms. The normalized spacial score (nSPS) is 27.3. The number of para-hydroxylation sites is 1. The number of fused-ring (bicyclic) bond motifs is 1. The Labute approximate surface area is 99.8 Å². The van der Waals surface area contributed by atoms with E-state index in [1.165, 1.54) is 0 Å². The molecule has 2 aliphatic rings. The molecule has 0 saturated carbocycles. The lowest BCUT2D eigenvalue weighted by molar-refractivity contribution is -0.148. The molecular weight excluding hydrogens is 218 g/mol. The van der Waals surface area contributed by atoms with Crippen LogP contribution in [0.5, 0.6) is 5.75 Å². The number of benzene rings is 1. The Morgan fingerprint density at radius 3 is 2.76 bits per heavy atom. The average molecular weight is 233 g/mol. The third-order valence-corrected chi connectivity index (χ3v) is 3.53. The number of carbonyl (C=O) groups excluding carboxylic acids is 1. The first-order valence-corrected chi connectivity index (χ1v) is 5.89. The van der Waals surface area contributed by atoms with Crippen LogP contribution in [0.25, 0.3) is 0 Å². The molecule has 2 aliphatic heterocycles. The van der Waals surface area contributed by atoms with Crippen LogP contribution in [-0.4, -0.2) is 41.2 Å². The van der Waals surface area contributed by atoms with Crippen molar-refractivity contribution < 1.29 is 14.6 Å². The van der Waals surface area contributed by atoms with Gasteiger partial charge in [0, 0.05) is 24.6 Å². The highest BCUT2D eigenvalue weighted by molar-refractivity contribution is 5.84. The van der Waals surface area contributed by atoms with Gasteiger partial charge in [-0.05, 0) is 6.07 Å². The maximum Gasteiger partial charge on any atom is 0.264 e. The Morgan fingerprint density at radius 1 is 1.41 bits per heavy atom. The Morgan fingerprint density at radius 2 is 2.12 bits per heavy atom. The van der Waals surface area contributed by atoms with Gasteiger partial charge in [-0.25, -0.2) is 0 Å². The van der Waals surface area contributed by atoms with Crippen molar-refractivity contribution >= 4 is 5.91 Å². The van der Waals surface area contributed by atoms with E-state index in [4.69, 9.17) is 4.74 Å². The summed E-state index contributed by atoms with van der Waals surface area (Å²) in [5.41, 5.74) is 1.09. The van der Waals surface area contributed by atoms with Crippen LogP contribution in [-0.2, 0) is 4.79 Å². The van der Waals surface area contributed by atoms with Crippen molar-refractivity contribution in [2.45, 2.75) is 25.0 Å². The zero-order chi connectivity index (χ0) is 12.0.